The van der Waals surface area contributed by atoms with Gasteiger partial charge in [-0.25, -0.2) is 12.8 Å². The number of hydrogen-bond acceptors (Lipinski definition) is 4. The maximum Gasteiger partial charge on any atom is 0.262 e. The number of amides is 1. The van der Waals surface area contributed by atoms with Crippen molar-refractivity contribution in [3.63, 3.8) is 0 Å². The summed E-state index contributed by atoms with van der Waals surface area (Å²) in [6.45, 7) is 1.90. The fourth-order valence-corrected chi connectivity index (χ4v) is 4.04. The molecule has 6 nitrogen and oxygen atoms in total. The van der Waals surface area contributed by atoms with Crippen molar-refractivity contribution in [1.82, 2.24) is 0 Å². The van der Waals surface area contributed by atoms with Crippen LogP contribution >= 0.6 is 0 Å². The van der Waals surface area contributed by atoms with Crippen molar-refractivity contribution in [2.75, 3.05) is 22.5 Å². The number of carbonyl (C=O) groups is 1. The fourth-order valence-electron chi connectivity index (χ4n) is 3.15. The van der Waals surface area contributed by atoms with Crippen LogP contribution in [0.4, 0.5) is 15.8 Å². The Bertz CT molecular complexity index is 1160. The van der Waals surface area contributed by atoms with Gasteiger partial charge in [0.15, 0.2) is 6.61 Å². The first-order chi connectivity index (χ1) is 15.3. The number of halogens is 1. The van der Waals surface area contributed by atoms with Crippen molar-refractivity contribution < 1.29 is 22.3 Å². The highest BCUT2D eigenvalue weighted by Gasteiger charge is 2.18. The Morgan fingerprint density at radius 2 is 1.66 bits per heavy atom. The molecular weight excluding hydrogens is 431 g/mol. The van der Waals surface area contributed by atoms with Crippen molar-refractivity contribution in [3.8, 4) is 5.75 Å². The van der Waals surface area contributed by atoms with E-state index in [0.29, 0.717) is 17.0 Å². The lowest BCUT2D eigenvalue weighted by Crippen LogP contribution is -2.29. The summed E-state index contributed by atoms with van der Waals surface area (Å²) in [5.74, 6) is -0.240. The molecule has 0 saturated heterocycles. The largest absolute Gasteiger partial charge is 0.484 e. The van der Waals surface area contributed by atoms with Crippen molar-refractivity contribution >= 4 is 27.3 Å². The van der Waals surface area contributed by atoms with E-state index in [9.17, 15) is 17.6 Å². The summed E-state index contributed by atoms with van der Waals surface area (Å²) in [4.78, 5) is 12.2. The van der Waals surface area contributed by atoms with Crippen molar-refractivity contribution in [2.24, 2.45) is 0 Å². The number of sulfonamides is 1. The summed E-state index contributed by atoms with van der Waals surface area (Å²) in [7, 11) is -3.57. The van der Waals surface area contributed by atoms with E-state index in [1.165, 1.54) is 16.4 Å². The summed E-state index contributed by atoms with van der Waals surface area (Å²) >= 11 is 0. The maximum absolute atomic E-state index is 13.1. The van der Waals surface area contributed by atoms with E-state index >= 15 is 0 Å². The molecule has 0 unspecified atom stereocenters. The molecule has 0 aliphatic carbocycles. The van der Waals surface area contributed by atoms with E-state index in [1.807, 2.05) is 31.2 Å². The van der Waals surface area contributed by atoms with E-state index in [0.717, 1.165) is 23.9 Å². The lowest BCUT2D eigenvalue weighted by molar-refractivity contribution is -0.118. The molecule has 0 fully saturated rings. The quantitative estimate of drug-likeness (QED) is 0.519. The molecular formula is C24H25FN2O4S. The van der Waals surface area contributed by atoms with Crippen LogP contribution in [0.25, 0.3) is 0 Å². The molecule has 0 bridgehead atoms. The predicted molar refractivity (Wildman–Crippen MR) is 124 cm³/mol. The number of benzene rings is 3. The molecule has 0 atom stereocenters. The van der Waals surface area contributed by atoms with Gasteiger partial charge in [0, 0.05) is 5.69 Å². The average Bonchev–Trinajstić information content (AvgIpc) is 2.77. The van der Waals surface area contributed by atoms with Gasteiger partial charge in [0.25, 0.3) is 5.91 Å². The predicted octanol–water partition coefficient (Wildman–Crippen LogP) is 4.37. The van der Waals surface area contributed by atoms with Crippen LogP contribution in [-0.4, -0.2) is 27.2 Å². The van der Waals surface area contributed by atoms with Crippen LogP contribution < -0.4 is 14.4 Å². The second kappa shape index (κ2) is 10.3. The zero-order chi connectivity index (χ0) is 23.1. The molecule has 0 aliphatic rings. The molecule has 0 spiro atoms. The van der Waals surface area contributed by atoms with Gasteiger partial charge in [0.2, 0.25) is 10.0 Å². The van der Waals surface area contributed by atoms with Gasteiger partial charge in [0.05, 0.1) is 18.5 Å². The number of carbonyl (C=O) groups excluding carboxylic acids is 1. The van der Waals surface area contributed by atoms with Gasteiger partial charge in [-0.15, -0.1) is 0 Å². The van der Waals surface area contributed by atoms with E-state index in [2.05, 4.69) is 5.32 Å². The molecule has 1 amide bonds. The van der Waals surface area contributed by atoms with Gasteiger partial charge < -0.3 is 10.1 Å². The first-order valence-corrected chi connectivity index (χ1v) is 11.9. The molecule has 3 aromatic rings. The molecule has 32 heavy (non-hydrogen) atoms. The summed E-state index contributed by atoms with van der Waals surface area (Å²) in [5.41, 5.74) is 2.88. The van der Waals surface area contributed by atoms with E-state index < -0.39 is 10.0 Å². The average molecular weight is 457 g/mol. The van der Waals surface area contributed by atoms with E-state index in [4.69, 9.17) is 4.74 Å². The normalized spacial score (nSPS) is 11.1. The smallest absolute Gasteiger partial charge is 0.262 e. The Labute approximate surface area is 187 Å². The van der Waals surface area contributed by atoms with Crippen LogP contribution in [0.5, 0.6) is 5.75 Å². The fraction of sp³-hybridized carbons (Fsp3) is 0.208. The second-order valence-corrected chi connectivity index (χ2v) is 9.14. The minimum atomic E-state index is -3.57. The van der Waals surface area contributed by atoms with Gasteiger partial charge in [0.1, 0.15) is 11.6 Å². The molecule has 0 aromatic heterocycles. The highest BCUT2D eigenvalue weighted by molar-refractivity contribution is 7.92. The van der Waals surface area contributed by atoms with E-state index in [-0.39, 0.29) is 24.9 Å². The maximum atomic E-state index is 13.1. The number of nitrogens with zero attached hydrogens (tertiary/aromatic N) is 1. The third kappa shape index (κ3) is 6.31. The Morgan fingerprint density at radius 3 is 2.28 bits per heavy atom. The minimum Gasteiger partial charge on any atom is -0.484 e. The van der Waals surface area contributed by atoms with Gasteiger partial charge >= 0.3 is 0 Å². The topological polar surface area (TPSA) is 75.7 Å². The molecule has 3 aromatic carbocycles. The number of para-hydroxylation sites is 1. The van der Waals surface area contributed by atoms with Crippen LogP contribution in [0.2, 0.25) is 0 Å². The first kappa shape index (κ1) is 23.3. The highest BCUT2D eigenvalue weighted by atomic mass is 32.2. The molecule has 0 saturated carbocycles. The number of anilines is 2. The lowest BCUT2D eigenvalue weighted by Gasteiger charge is -2.23. The van der Waals surface area contributed by atoms with Gasteiger partial charge in [-0.05, 0) is 60.0 Å². The molecule has 168 valence electrons. The van der Waals surface area contributed by atoms with Crippen molar-refractivity contribution in [1.29, 1.82) is 0 Å². The van der Waals surface area contributed by atoms with E-state index in [1.54, 1.807) is 36.4 Å². The molecule has 0 aliphatic heterocycles. The number of rotatable bonds is 9. The zero-order valence-electron chi connectivity index (χ0n) is 17.9. The van der Waals surface area contributed by atoms with Crippen molar-refractivity contribution in [2.45, 2.75) is 19.9 Å². The van der Waals surface area contributed by atoms with Crippen LogP contribution in [0.1, 0.15) is 18.1 Å². The molecule has 1 N–H and O–H groups in total. The zero-order valence-corrected chi connectivity index (χ0v) is 18.7. The number of aryl methyl sites for hydroxylation is 1. The summed E-state index contributed by atoms with van der Waals surface area (Å²) in [6.07, 6.45) is 1.91. The minimum absolute atomic E-state index is 0.0680. The summed E-state index contributed by atoms with van der Waals surface area (Å²) < 4.78 is 44.5. The third-order valence-electron chi connectivity index (χ3n) is 4.81. The first-order valence-electron chi connectivity index (χ1n) is 10.1. The van der Waals surface area contributed by atoms with Gasteiger partial charge in [-0.1, -0.05) is 37.3 Å². The van der Waals surface area contributed by atoms with Crippen LogP contribution in [-0.2, 0) is 27.8 Å². The molecule has 3 rings (SSSR count). The number of ether oxygens (including phenoxy) is 1. The molecule has 8 heteroatoms. The highest BCUT2D eigenvalue weighted by Crippen LogP contribution is 2.24. The monoisotopic (exact) mass is 456 g/mol. The number of hydrogen-bond donors (Lipinski definition) is 1. The van der Waals surface area contributed by atoms with Crippen LogP contribution in [0, 0.1) is 5.82 Å². The summed E-state index contributed by atoms with van der Waals surface area (Å²) in [6, 6.07) is 19.6. The second-order valence-electron chi connectivity index (χ2n) is 7.24. The van der Waals surface area contributed by atoms with Crippen LogP contribution in [0.3, 0.4) is 0 Å². The standard InChI is InChI=1S/C24H25FN2O4S/c1-3-19-6-4-5-7-23(19)26-24(28)17-31-22-14-12-21(13-15-22)27(32(2,29)30)16-18-8-10-20(25)11-9-18/h4-15H,3,16-17H2,1-2H3,(H,26,28). The van der Waals surface area contributed by atoms with Crippen molar-refractivity contribution in [3.05, 3.63) is 89.7 Å². The van der Waals surface area contributed by atoms with Crippen LogP contribution in [0.15, 0.2) is 72.8 Å². The Hall–Kier alpha value is -3.39. The Kier molecular flexibility index (Phi) is 7.48. The lowest BCUT2D eigenvalue weighted by atomic mass is 10.1. The summed E-state index contributed by atoms with van der Waals surface area (Å²) in [5, 5.41) is 2.83. The molecule has 0 radical (unpaired) electrons. The van der Waals surface area contributed by atoms with Gasteiger partial charge in [-0.2, -0.15) is 0 Å². The van der Waals surface area contributed by atoms with Gasteiger partial charge in [-0.3, -0.25) is 9.10 Å². The Morgan fingerprint density at radius 1 is 1.00 bits per heavy atom. The molecule has 0 heterocycles. The Balaban J connectivity index is 1.64. The SMILES string of the molecule is CCc1ccccc1NC(=O)COc1ccc(N(Cc2ccc(F)cc2)S(C)(=O)=O)cc1. The number of nitrogens with one attached hydrogen (secondary N) is 1. The third-order valence-corrected chi connectivity index (χ3v) is 5.95.